The molecule has 0 saturated carbocycles. The third-order valence-corrected chi connectivity index (χ3v) is 6.37. The topological polar surface area (TPSA) is 76.4 Å². The fraction of sp³-hybridized carbons (Fsp3) is 0.296. The van der Waals surface area contributed by atoms with Crippen LogP contribution in [0.15, 0.2) is 54.6 Å². The van der Waals surface area contributed by atoms with Gasteiger partial charge in [-0.3, -0.25) is 4.79 Å². The number of anilines is 1. The number of fused-ring (bicyclic) bond motifs is 1. The third kappa shape index (κ3) is 5.49. The van der Waals surface area contributed by atoms with Crippen LogP contribution in [0.5, 0.6) is 11.5 Å². The summed E-state index contributed by atoms with van der Waals surface area (Å²) in [5.41, 5.74) is 13.0. The van der Waals surface area contributed by atoms with Crippen LogP contribution in [0.25, 0.3) is 0 Å². The lowest BCUT2D eigenvalue weighted by molar-refractivity contribution is -0.123. The molecule has 5 nitrogen and oxygen atoms in total. The Morgan fingerprint density at radius 2 is 1.76 bits per heavy atom. The highest BCUT2D eigenvalue weighted by molar-refractivity contribution is 6.30. The number of ether oxygens (including phenoxy) is 1. The van der Waals surface area contributed by atoms with Crippen LogP contribution in [0.3, 0.4) is 0 Å². The molecule has 4 rings (SSSR count). The molecule has 0 spiro atoms. The summed E-state index contributed by atoms with van der Waals surface area (Å²) in [5, 5.41) is 7.22. The third-order valence-electron chi connectivity index (χ3n) is 6.11. The predicted octanol–water partition coefficient (Wildman–Crippen LogP) is 5.60. The van der Waals surface area contributed by atoms with E-state index in [0.717, 1.165) is 29.8 Å². The highest BCUT2D eigenvalue weighted by Crippen LogP contribution is 2.34. The maximum absolute atomic E-state index is 13.0. The fourth-order valence-corrected chi connectivity index (χ4v) is 4.60. The normalized spacial score (nSPS) is 15.8. The monoisotopic (exact) mass is 463 g/mol. The summed E-state index contributed by atoms with van der Waals surface area (Å²) in [4.78, 5) is 13.0. The van der Waals surface area contributed by atoms with E-state index in [1.807, 2.05) is 30.3 Å². The van der Waals surface area contributed by atoms with Crippen molar-refractivity contribution >= 4 is 23.2 Å². The molecule has 2 atom stereocenters. The molecule has 172 valence electrons. The van der Waals surface area contributed by atoms with Gasteiger partial charge in [-0.1, -0.05) is 29.3 Å². The average Bonchev–Trinajstić information content (AvgIpc) is 2.78. The number of halogens is 1. The van der Waals surface area contributed by atoms with E-state index < -0.39 is 6.04 Å². The summed E-state index contributed by atoms with van der Waals surface area (Å²) in [5.74, 6) is 1.26. The van der Waals surface area contributed by atoms with Crippen LogP contribution in [0.2, 0.25) is 5.02 Å². The van der Waals surface area contributed by atoms with Crippen LogP contribution in [-0.4, -0.2) is 18.5 Å². The maximum atomic E-state index is 13.0. The van der Waals surface area contributed by atoms with Crippen molar-refractivity contribution < 1.29 is 9.53 Å². The lowest BCUT2D eigenvalue weighted by Crippen LogP contribution is -2.44. The van der Waals surface area contributed by atoms with Crippen molar-refractivity contribution in [3.63, 3.8) is 0 Å². The summed E-state index contributed by atoms with van der Waals surface area (Å²) >= 11 is 5.96. The molecule has 3 aromatic carbocycles. The average molecular weight is 464 g/mol. The van der Waals surface area contributed by atoms with E-state index in [0.29, 0.717) is 22.9 Å². The highest BCUT2D eigenvalue weighted by atomic mass is 35.5. The molecule has 1 aliphatic rings. The molecule has 0 fully saturated rings. The van der Waals surface area contributed by atoms with Crippen LogP contribution >= 0.6 is 11.6 Å². The Morgan fingerprint density at radius 1 is 1.09 bits per heavy atom. The number of benzene rings is 3. The van der Waals surface area contributed by atoms with Crippen molar-refractivity contribution in [1.82, 2.24) is 5.32 Å². The molecule has 1 heterocycles. The maximum Gasteiger partial charge on any atom is 0.237 e. The van der Waals surface area contributed by atoms with Gasteiger partial charge in [0.25, 0.3) is 0 Å². The quantitative estimate of drug-likeness (QED) is 0.444. The summed E-state index contributed by atoms with van der Waals surface area (Å²) in [6, 6.07) is 16.6. The van der Waals surface area contributed by atoms with Crippen LogP contribution < -0.4 is 21.1 Å². The van der Waals surface area contributed by atoms with Crippen LogP contribution in [-0.2, 0) is 11.2 Å². The van der Waals surface area contributed by atoms with Crippen LogP contribution in [0, 0.1) is 20.8 Å². The SMILES string of the molecule is Cc1cc(C)c(C[C@H](N)C(=O)N[C@@H]2CCNc3ccc(Oc4ccc(Cl)cc4)cc32)c(C)c1. The van der Waals surface area contributed by atoms with E-state index in [4.69, 9.17) is 22.1 Å². The summed E-state index contributed by atoms with van der Waals surface area (Å²) in [6.07, 6.45) is 1.29. The number of amides is 1. The van der Waals surface area contributed by atoms with Gasteiger partial charge in [0, 0.05) is 22.8 Å². The molecule has 0 aromatic heterocycles. The number of nitrogens with one attached hydrogen (secondary N) is 2. The molecule has 1 amide bonds. The van der Waals surface area contributed by atoms with Crippen LogP contribution in [0.1, 0.15) is 40.3 Å². The zero-order valence-corrected chi connectivity index (χ0v) is 20.0. The zero-order valence-electron chi connectivity index (χ0n) is 19.2. The van der Waals surface area contributed by atoms with Gasteiger partial charge in [0.2, 0.25) is 5.91 Å². The van der Waals surface area contributed by atoms with E-state index in [9.17, 15) is 4.79 Å². The van der Waals surface area contributed by atoms with E-state index in [1.54, 1.807) is 12.1 Å². The Kier molecular flexibility index (Phi) is 6.91. The van der Waals surface area contributed by atoms with Crippen molar-refractivity contribution in [2.45, 2.75) is 45.7 Å². The standard InChI is InChI=1S/C27H30ClN3O2/c1-16-12-17(2)22(18(3)13-16)15-24(29)27(32)31-26-10-11-30-25-9-8-21(14-23(25)26)33-20-6-4-19(28)5-7-20/h4-9,12-14,24,26,30H,10-11,15,29H2,1-3H3,(H,31,32)/t24-,26+/m0/s1. The van der Waals surface area contributed by atoms with E-state index in [1.165, 1.54) is 16.7 Å². The fourth-order valence-electron chi connectivity index (χ4n) is 4.47. The van der Waals surface area contributed by atoms with Gasteiger partial charge in [-0.2, -0.15) is 0 Å². The van der Waals surface area contributed by atoms with Crippen LogP contribution in [0.4, 0.5) is 5.69 Å². The molecule has 0 unspecified atom stereocenters. The van der Waals surface area contributed by atoms with Gasteiger partial charge in [-0.15, -0.1) is 0 Å². The zero-order chi connectivity index (χ0) is 23.5. The molecule has 0 radical (unpaired) electrons. The van der Waals surface area contributed by atoms with Crippen molar-refractivity contribution in [2.24, 2.45) is 5.73 Å². The number of hydrogen-bond acceptors (Lipinski definition) is 4. The minimum Gasteiger partial charge on any atom is -0.457 e. The lowest BCUT2D eigenvalue weighted by atomic mass is 9.93. The Morgan fingerprint density at radius 3 is 2.45 bits per heavy atom. The van der Waals surface area contributed by atoms with Crippen molar-refractivity contribution in [3.8, 4) is 11.5 Å². The number of hydrogen-bond donors (Lipinski definition) is 3. The first-order valence-corrected chi connectivity index (χ1v) is 11.6. The Bertz CT molecular complexity index is 1140. The Hall–Kier alpha value is -3.02. The highest BCUT2D eigenvalue weighted by Gasteiger charge is 2.25. The molecule has 6 heteroatoms. The Balaban J connectivity index is 1.48. The van der Waals surface area contributed by atoms with Gasteiger partial charge in [-0.25, -0.2) is 0 Å². The minimum absolute atomic E-state index is 0.131. The molecule has 3 aromatic rings. The molecule has 0 bridgehead atoms. The van der Waals surface area contributed by atoms with Gasteiger partial charge < -0.3 is 21.1 Å². The van der Waals surface area contributed by atoms with Gasteiger partial charge in [0.1, 0.15) is 11.5 Å². The number of aryl methyl sites for hydroxylation is 3. The number of carbonyl (C=O) groups is 1. The first-order chi connectivity index (χ1) is 15.8. The molecule has 33 heavy (non-hydrogen) atoms. The second-order valence-corrected chi connectivity index (χ2v) is 9.21. The molecular weight excluding hydrogens is 434 g/mol. The predicted molar refractivity (Wildman–Crippen MR) is 134 cm³/mol. The molecule has 4 N–H and O–H groups in total. The van der Waals surface area contributed by atoms with E-state index in [2.05, 4.69) is 43.5 Å². The summed E-state index contributed by atoms with van der Waals surface area (Å²) in [7, 11) is 0. The van der Waals surface area contributed by atoms with Gasteiger partial charge in [0.05, 0.1) is 12.1 Å². The molecule has 0 aliphatic carbocycles. The first kappa shape index (κ1) is 23.1. The van der Waals surface area contributed by atoms with Gasteiger partial charge in [-0.05, 0) is 92.8 Å². The summed E-state index contributed by atoms with van der Waals surface area (Å²) in [6.45, 7) is 7.01. The number of rotatable bonds is 6. The molecule has 1 aliphatic heterocycles. The Labute approximate surface area is 200 Å². The van der Waals surface area contributed by atoms with Crippen molar-refractivity contribution in [1.29, 1.82) is 0 Å². The summed E-state index contributed by atoms with van der Waals surface area (Å²) < 4.78 is 5.99. The lowest BCUT2D eigenvalue weighted by Gasteiger charge is -2.29. The number of nitrogens with two attached hydrogens (primary N) is 1. The van der Waals surface area contributed by atoms with E-state index in [-0.39, 0.29) is 11.9 Å². The van der Waals surface area contributed by atoms with Gasteiger partial charge >= 0.3 is 0 Å². The minimum atomic E-state index is -0.614. The smallest absolute Gasteiger partial charge is 0.237 e. The largest absolute Gasteiger partial charge is 0.457 e. The van der Waals surface area contributed by atoms with E-state index >= 15 is 0 Å². The molecule has 0 saturated heterocycles. The second-order valence-electron chi connectivity index (χ2n) is 8.77. The first-order valence-electron chi connectivity index (χ1n) is 11.2. The van der Waals surface area contributed by atoms with Crippen molar-refractivity contribution in [2.75, 3.05) is 11.9 Å². The number of carbonyl (C=O) groups excluding carboxylic acids is 1. The molecular formula is C27H30ClN3O2. The van der Waals surface area contributed by atoms with Gasteiger partial charge in [0.15, 0.2) is 0 Å². The van der Waals surface area contributed by atoms with Crippen molar-refractivity contribution in [3.05, 3.63) is 87.4 Å². The second kappa shape index (κ2) is 9.86.